The van der Waals surface area contributed by atoms with Crippen molar-refractivity contribution in [3.8, 4) is 0 Å². The summed E-state index contributed by atoms with van der Waals surface area (Å²) in [5.41, 5.74) is 0. The minimum absolute atomic E-state index is 0. The first-order valence-corrected chi connectivity index (χ1v) is 8.77. The van der Waals surface area contributed by atoms with Crippen molar-refractivity contribution in [1.82, 2.24) is 10.6 Å². The lowest BCUT2D eigenvalue weighted by atomic mass is 9.96. The first kappa shape index (κ1) is 18.0. The van der Waals surface area contributed by atoms with Crippen molar-refractivity contribution in [2.75, 3.05) is 13.6 Å². The molecule has 0 amide bonds. The maximum Gasteiger partial charge on any atom is 0.191 e. The Labute approximate surface area is 154 Å². The van der Waals surface area contributed by atoms with Gasteiger partial charge in [0.2, 0.25) is 0 Å². The molecule has 4 unspecified atom stereocenters. The van der Waals surface area contributed by atoms with Gasteiger partial charge >= 0.3 is 0 Å². The molecule has 1 aromatic rings. The second kappa shape index (κ2) is 8.49. The molecule has 124 valence electrons. The van der Waals surface area contributed by atoms with Gasteiger partial charge in [0.1, 0.15) is 0 Å². The Kier molecular flexibility index (Phi) is 6.95. The van der Waals surface area contributed by atoms with Crippen LogP contribution in [-0.4, -0.2) is 37.8 Å². The molecule has 0 aromatic carbocycles. The first-order chi connectivity index (χ1) is 10.2. The maximum absolute atomic E-state index is 5.88. The van der Waals surface area contributed by atoms with E-state index in [-0.39, 0.29) is 24.0 Å². The zero-order chi connectivity index (χ0) is 14.7. The molecule has 0 spiro atoms. The van der Waals surface area contributed by atoms with Crippen LogP contribution in [-0.2, 0) is 11.2 Å². The Morgan fingerprint density at radius 2 is 2.36 bits per heavy atom. The monoisotopic (exact) mass is 435 g/mol. The molecular formula is C16H26IN3OS. The molecule has 2 N–H and O–H groups in total. The first-order valence-electron chi connectivity index (χ1n) is 7.89. The maximum atomic E-state index is 5.88. The van der Waals surface area contributed by atoms with E-state index in [1.807, 2.05) is 18.4 Å². The van der Waals surface area contributed by atoms with E-state index in [4.69, 9.17) is 4.74 Å². The standard InChI is InChI=1S/C16H25N3OS.HI/c1-11(8-13-4-3-7-21-13)10-18-16(17-2)19-14-9-12-5-6-15(14)20-12;/h3-4,7,11-12,14-15H,5-6,8-10H2,1-2H3,(H2,17,18,19);1H. The van der Waals surface area contributed by atoms with E-state index >= 15 is 0 Å². The average Bonchev–Trinajstić information content (AvgIpc) is 3.20. The van der Waals surface area contributed by atoms with Crippen LogP contribution in [0.15, 0.2) is 22.5 Å². The minimum Gasteiger partial charge on any atom is -0.373 e. The summed E-state index contributed by atoms with van der Waals surface area (Å²) in [5, 5.41) is 9.13. The highest BCUT2D eigenvalue weighted by Gasteiger charge is 2.41. The molecule has 2 aliphatic heterocycles. The molecule has 2 aliphatic rings. The molecule has 3 heterocycles. The number of hydrogen-bond donors (Lipinski definition) is 2. The highest BCUT2D eigenvalue weighted by Crippen LogP contribution is 2.34. The summed E-state index contributed by atoms with van der Waals surface area (Å²) in [6.45, 7) is 3.22. The highest BCUT2D eigenvalue weighted by molar-refractivity contribution is 14.0. The summed E-state index contributed by atoms with van der Waals surface area (Å²) in [4.78, 5) is 5.80. The Bertz CT molecular complexity index is 480. The van der Waals surface area contributed by atoms with Crippen LogP contribution in [0, 0.1) is 5.92 Å². The summed E-state index contributed by atoms with van der Waals surface area (Å²) in [6, 6.07) is 4.76. The van der Waals surface area contributed by atoms with Crippen LogP contribution in [0.2, 0.25) is 0 Å². The van der Waals surface area contributed by atoms with Gasteiger partial charge in [-0.2, -0.15) is 0 Å². The van der Waals surface area contributed by atoms with Crippen molar-refractivity contribution in [3.63, 3.8) is 0 Å². The lowest BCUT2D eigenvalue weighted by molar-refractivity contribution is 0.0992. The third-order valence-electron chi connectivity index (χ3n) is 4.40. The Hall–Kier alpha value is -0.340. The van der Waals surface area contributed by atoms with Gasteiger partial charge in [-0.1, -0.05) is 13.0 Å². The van der Waals surface area contributed by atoms with E-state index in [1.165, 1.54) is 17.7 Å². The summed E-state index contributed by atoms with van der Waals surface area (Å²) >= 11 is 1.84. The number of aliphatic imine (C=N–C) groups is 1. The number of nitrogens with zero attached hydrogens (tertiary/aromatic N) is 1. The summed E-state index contributed by atoms with van der Waals surface area (Å²) in [7, 11) is 1.84. The van der Waals surface area contributed by atoms with Crippen LogP contribution in [0.4, 0.5) is 0 Å². The van der Waals surface area contributed by atoms with Gasteiger partial charge in [-0.05, 0) is 43.0 Å². The van der Waals surface area contributed by atoms with E-state index in [0.717, 1.165) is 25.3 Å². The largest absolute Gasteiger partial charge is 0.373 e. The zero-order valence-electron chi connectivity index (χ0n) is 13.2. The van der Waals surface area contributed by atoms with Gasteiger partial charge in [-0.15, -0.1) is 35.3 Å². The summed E-state index contributed by atoms with van der Waals surface area (Å²) in [6.07, 6.45) is 5.52. The normalized spacial score (nSPS) is 28.3. The fourth-order valence-electron chi connectivity index (χ4n) is 3.28. The van der Waals surface area contributed by atoms with E-state index in [0.29, 0.717) is 24.2 Å². The Morgan fingerprint density at radius 1 is 1.50 bits per heavy atom. The average molecular weight is 435 g/mol. The number of ether oxygens (including phenoxy) is 1. The van der Waals surface area contributed by atoms with Crippen molar-refractivity contribution < 1.29 is 4.74 Å². The van der Waals surface area contributed by atoms with Gasteiger partial charge < -0.3 is 15.4 Å². The van der Waals surface area contributed by atoms with Crippen LogP contribution in [0.25, 0.3) is 0 Å². The van der Waals surface area contributed by atoms with E-state index in [2.05, 4.69) is 40.1 Å². The van der Waals surface area contributed by atoms with Gasteiger partial charge in [-0.3, -0.25) is 4.99 Å². The molecular weight excluding hydrogens is 409 g/mol. The summed E-state index contributed by atoms with van der Waals surface area (Å²) in [5.74, 6) is 1.51. The minimum atomic E-state index is 0. The SMILES string of the molecule is CN=C(NCC(C)Cc1cccs1)NC1CC2CCC1O2.I. The molecule has 0 saturated carbocycles. The van der Waals surface area contributed by atoms with Crippen molar-refractivity contribution >= 4 is 41.3 Å². The molecule has 0 aliphatic carbocycles. The van der Waals surface area contributed by atoms with E-state index < -0.39 is 0 Å². The number of nitrogens with one attached hydrogen (secondary N) is 2. The van der Waals surface area contributed by atoms with Crippen molar-refractivity contribution in [2.24, 2.45) is 10.9 Å². The van der Waals surface area contributed by atoms with Crippen LogP contribution < -0.4 is 10.6 Å². The third-order valence-corrected chi connectivity index (χ3v) is 5.30. The number of fused-ring (bicyclic) bond motifs is 2. The third kappa shape index (κ3) is 4.58. The van der Waals surface area contributed by atoms with Gasteiger partial charge in [0.05, 0.1) is 18.2 Å². The molecule has 4 nitrogen and oxygen atoms in total. The van der Waals surface area contributed by atoms with Crippen LogP contribution in [0.1, 0.15) is 31.1 Å². The summed E-state index contributed by atoms with van der Waals surface area (Å²) < 4.78 is 5.88. The predicted molar refractivity (Wildman–Crippen MR) is 103 cm³/mol. The van der Waals surface area contributed by atoms with Gasteiger partial charge in [0, 0.05) is 18.5 Å². The molecule has 2 bridgehead atoms. The topological polar surface area (TPSA) is 45.7 Å². The van der Waals surface area contributed by atoms with E-state index in [1.54, 1.807) is 0 Å². The number of hydrogen-bond acceptors (Lipinski definition) is 3. The molecule has 4 atom stereocenters. The fraction of sp³-hybridized carbons (Fsp3) is 0.688. The Balaban J connectivity index is 0.00000176. The fourth-order valence-corrected chi connectivity index (χ4v) is 4.15. The lowest BCUT2D eigenvalue weighted by Gasteiger charge is -2.23. The molecule has 3 rings (SSSR count). The van der Waals surface area contributed by atoms with Crippen LogP contribution >= 0.6 is 35.3 Å². The van der Waals surface area contributed by atoms with Gasteiger partial charge in [0.15, 0.2) is 5.96 Å². The van der Waals surface area contributed by atoms with Crippen molar-refractivity contribution in [1.29, 1.82) is 0 Å². The lowest BCUT2D eigenvalue weighted by Crippen LogP contribution is -2.48. The number of halogens is 1. The Morgan fingerprint density at radius 3 is 2.95 bits per heavy atom. The van der Waals surface area contributed by atoms with Crippen LogP contribution in [0.5, 0.6) is 0 Å². The van der Waals surface area contributed by atoms with Crippen molar-refractivity contribution in [3.05, 3.63) is 22.4 Å². The smallest absolute Gasteiger partial charge is 0.191 e. The van der Waals surface area contributed by atoms with Crippen LogP contribution in [0.3, 0.4) is 0 Å². The van der Waals surface area contributed by atoms with E-state index in [9.17, 15) is 0 Å². The number of guanidine groups is 1. The second-order valence-electron chi connectivity index (χ2n) is 6.20. The quantitative estimate of drug-likeness (QED) is 0.425. The molecule has 22 heavy (non-hydrogen) atoms. The second-order valence-corrected chi connectivity index (χ2v) is 7.23. The molecule has 2 saturated heterocycles. The number of thiophene rings is 1. The van der Waals surface area contributed by atoms with Gasteiger partial charge in [-0.25, -0.2) is 0 Å². The van der Waals surface area contributed by atoms with Crippen molar-refractivity contribution in [2.45, 2.75) is 50.9 Å². The number of rotatable bonds is 5. The molecule has 2 fully saturated rings. The molecule has 0 radical (unpaired) electrons. The molecule has 1 aromatic heterocycles. The predicted octanol–water partition coefficient (Wildman–Crippen LogP) is 3.03. The molecule has 6 heteroatoms. The highest BCUT2D eigenvalue weighted by atomic mass is 127. The zero-order valence-corrected chi connectivity index (χ0v) is 16.4. The van der Waals surface area contributed by atoms with Gasteiger partial charge in [0.25, 0.3) is 0 Å².